The van der Waals surface area contributed by atoms with Crippen LogP contribution in [0.2, 0.25) is 0 Å². The highest BCUT2D eigenvalue weighted by molar-refractivity contribution is 5.99. The number of benzene rings is 1. The zero-order valence-corrected chi connectivity index (χ0v) is 15.2. The number of anilines is 1. The number of nitrogen functional groups attached to an aromatic ring is 1. The monoisotopic (exact) mass is 368 g/mol. The first-order valence-electron chi connectivity index (χ1n) is 8.40. The summed E-state index contributed by atoms with van der Waals surface area (Å²) in [6, 6.07) is 9.18. The number of hydrazone groups is 1. The smallest absolute Gasteiger partial charge is 0.294 e. The summed E-state index contributed by atoms with van der Waals surface area (Å²) in [5, 5.41) is 19.4. The van der Waals surface area contributed by atoms with Gasteiger partial charge in [0, 0.05) is 11.3 Å². The molecular formula is C17H20N8O2. The molecule has 0 fully saturated rings. The molecule has 0 saturated carbocycles. The predicted octanol–water partition coefficient (Wildman–Crippen LogP) is 2.05. The van der Waals surface area contributed by atoms with Gasteiger partial charge >= 0.3 is 0 Å². The first kappa shape index (κ1) is 18.2. The standard InChI is InChI=1S/C17H20N8O2/c1-10(2)9-11(3)19-21-17(26)13-14(12-7-5-4-6-8-12)25(24-20-13)16-15(18)22-27-23-16/h4-8,10H,9H2,1-3H3,(H2,18,22)(H,21,26). The van der Waals surface area contributed by atoms with E-state index in [2.05, 4.69) is 49.6 Å². The van der Waals surface area contributed by atoms with Crippen LogP contribution in [0.3, 0.4) is 0 Å². The number of hydrogen-bond acceptors (Lipinski definition) is 8. The lowest BCUT2D eigenvalue weighted by Gasteiger charge is -2.06. The van der Waals surface area contributed by atoms with Crippen molar-refractivity contribution in [1.29, 1.82) is 0 Å². The van der Waals surface area contributed by atoms with Crippen molar-refractivity contribution in [3.63, 3.8) is 0 Å². The number of nitrogens with one attached hydrogen (secondary N) is 1. The summed E-state index contributed by atoms with van der Waals surface area (Å²) in [6.45, 7) is 6.02. The molecule has 0 spiro atoms. The van der Waals surface area contributed by atoms with Gasteiger partial charge in [-0.05, 0) is 29.6 Å². The Morgan fingerprint density at radius 3 is 2.67 bits per heavy atom. The van der Waals surface area contributed by atoms with Crippen LogP contribution in [0.25, 0.3) is 17.1 Å². The molecule has 0 aliphatic rings. The first-order chi connectivity index (χ1) is 13.0. The predicted molar refractivity (Wildman–Crippen MR) is 99.1 cm³/mol. The quantitative estimate of drug-likeness (QED) is 0.501. The largest absolute Gasteiger partial charge is 0.378 e. The minimum atomic E-state index is -0.488. The molecule has 0 saturated heterocycles. The lowest BCUT2D eigenvalue weighted by Crippen LogP contribution is -2.21. The van der Waals surface area contributed by atoms with Gasteiger partial charge in [0.25, 0.3) is 5.91 Å². The molecule has 0 unspecified atom stereocenters. The molecule has 1 amide bonds. The van der Waals surface area contributed by atoms with Gasteiger partial charge in [-0.3, -0.25) is 4.79 Å². The lowest BCUT2D eigenvalue weighted by molar-refractivity contribution is 0.0950. The summed E-state index contributed by atoms with van der Waals surface area (Å²) in [5.74, 6) is 0.141. The average molecular weight is 368 g/mol. The molecule has 0 aliphatic heterocycles. The molecule has 0 atom stereocenters. The number of aromatic nitrogens is 5. The van der Waals surface area contributed by atoms with Crippen LogP contribution in [0.1, 0.15) is 37.7 Å². The van der Waals surface area contributed by atoms with Crippen molar-refractivity contribution in [2.75, 3.05) is 5.73 Å². The number of rotatable bonds is 6. The van der Waals surface area contributed by atoms with Gasteiger partial charge in [0.15, 0.2) is 5.69 Å². The number of carbonyl (C=O) groups is 1. The Morgan fingerprint density at radius 1 is 1.30 bits per heavy atom. The molecule has 3 aromatic rings. The van der Waals surface area contributed by atoms with Crippen LogP contribution in [0.5, 0.6) is 0 Å². The van der Waals surface area contributed by atoms with E-state index in [1.807, 2.05) is 37.3 Å². The highest BCUT2D eigenvalue weighted by Gasteiger charge is 2.25. The van der Waals surface area contributed by atoms with E-state index in [9.17, 15) is 4.79 Å². The van der Waals surface area contributed by atoms with Crippen LogP contribution < -0.4 is 11.2 Å². The second-order valence-corrected chi connectivity index (χ2v) is 6.42. The van der Waals surface area contributed by atoms with Crippen molar-refractivity contribution in [1.82, 2.24) is 30.7 Å². The number of amides is 1. The summed E-state index contributed by atoms with van der Waals surface area (Å²) < 4.78 is 5.96. The van der Waals surface area contributed by atoms with E-state index in [4.69, 9.17) is 5.73 Å². The Bertz CT molecular complexity index is 958. The lowest BCUT2D eigenvalue weighted by atomic mass is 10.1. The van der Waals surface area contributed by atoms with Gasteiger partial charge in [0.05, 0.1) is 0 Å². The van der Waals surface area contributed by atoms with E-state index in [0.717, 1.165) is 12.1 Å². The first-order valence-corrected chi connectivity index (χ1v) is 8.40. The fraction of sp³-hybridized carbons (Fsp3) is 0.294. The molecular weight excluding hydrogens is 348 g/mol. The van der Waals surface area contributed by atoms with Gasteiger partial charge in [0.1, 0.15) is 5.69 Å². The number of nitrogens with zero attached hydrogens (tertiary/aromatic N) is 6. The van der Waals surface area contributed by atoms with Crippen LogP contribution in [-0.2, 0) is 0 Å². The van der Waals surface area contributed by atoms with Crippen molar-refractivity contribution < 1.29 is 9.42 Å². The Hall–Kier alpha value is -3.56. The summed E-state index contributed by atoms with van der Waals surface area (Å²) in [4.78, 5) is 12.7. The molecule has 0 radical (unpaired) electrons. The maximum absolute atomic E-state index is 12.7. The summed E-state index contributed by atoms with van der Waals surface area (Å²) in [5.41, 5.74) is 10.3. The van der Waals surface area contributed by atoms with Gasteiger partial charge in [-0.2, -0.15) is 9.78 Å². The van der Waals surface area contributed by atoms with Gasteiger partial charge in [-0.25, -0.2) is 10.1 Å². The Labute approximate surface area is 155 Å². The van der Waals surface area contributed by atoms with Crippen molar-refractivity contribution in [2.45, 2.75) is 27.2 Å². The molecule has 2 heterocycles. The fourth-order valence-corrected chi connectivity index (χ4v) is 2.61. The van der Waals surface area contributed by atoms with E-state index in [0.29, 0.717) is 17.2 Å². The van der Waals surface area contributed by atoms with Crippen LogP contribution in [0.15, 0.2) is 40.1 Å². The third-order valence-electron chi connectivity index (χ3n) is 3.68. The van der Waals surface area contributed by atoms with Crippen molar-refractivity contribution in [2.24, 2.45) is 11.0 Å². The minimum Gasteiger partial charge on any atom is -0.378 e. The molecule has 10 nitrogen and oxygen atoms in total. The van der Waals surface area contributed by atoms with Crippen LogP contribution >= 0.6 is 0 Å². The maximum atomic E-state index is 12.7. The maximum Gasteiger partial charge on any atom is 0.294 e. The highest BCUT2D eigenvalue weighted by atomic mass is 16.6. The number of carbonyl (C=O) groups excluding carboxylic acids is 1. The van der Waals surface area contributed by atoms with Gasteiger partial charge in [0.2, 0.25) is 11.6 Å². The van der Waals surface area contributed by atoms with Gasteiger partial charge in [-0.1, -0.05) is 49.4 Å². The summed E-state index contributed by atoms with van der Waals surface area (Å²) in [7, 11) is 0. The topological polar surface area (TPSA) is 137 Å². The number of hydrogen-bond donors (Lipinski definition) is 2. The summed E-state index contributed by atoms with van der Waals surface area (Å²) >= 11 is 0. The molecule has 140 valence electrons. The van der Waals surface area contributed by atoms with E-state index in [1.165, 1.54) is 4.68 Å². The SMILES string of the molecule is CC(CC(C)C)=NNC(=O)c1nnn(-c2nonc2N)c1-c1ccccc1. The van der Waals surface area contributed by atoms with E-state index in [-0.39, 0.29) is 17.3 Å². The molecule has 1 aromatic carbocycles. The van der Waals surface area contributed by atoms with E-state index >= 15 is 0 Å². The van der Waals surface area contributed by atoms with Crippen molar-refractivity contribution in [3.05, 3.63) is 36.0 Å². The second-order valence-electron chi connectivity index (χ2n) is 6.42. The van der Waals surface area contributed by atoms with E-state index in [1.54, 1.807) is 0 Å². The zero-order valence-electron chi connectivity index (χ0n) is 15.2. The third-order valence-corrected chi connectivity index (χ3v) is 3.68. The van der Waals surface area contributed by atoms with Crippen molar-refractivity contribution >= 4 is 17.4 Å². The highest BCUT2D eigenvalue weighted by Crippen LogP contribution is 2.26. The fourth-order valence-electron chi connectivity index (χ4n) is 2.61. The van der Waals surface area contributed by atoms with Crippen LogP contribution in [-0.4, -0.2) is 36.9 Å². The minimum absolute atomic E-state index is 0.0369. The molecule has 0 aliphatic carbocycles. The van der Waals surface area contributed by atoms with E-state index < -0.39 is 5.91 Å². The Kier molecular flexibility index (Phi) is 5.25. The molecule has 3 N–H and O–H groups in total. The Morgan fingerprint density at radius 2 is 2.04 bits per heavy atom. The third kappa shape index (κ3) is 4.00. The van der Waals surface area contributed by atoms with Gasteiger partial charge in [-0.15, -0.1) is 5.10 Å². The molecule has 3 rings (SSSR count). The second kappa shape index (κ2) is 7.77. The summed E-state index contributed by atoms with van der Waals surface area (Å²) in [6.07, 6.45) is 0.777. The van der Waals surface area contributed by atoms with Gasteiger partial charge < -0.3 is 5.73 Å². The van der Waals surface area contributed by atoms with Crippen LogP contribution in [0.4, 0.5) is 5.82 Å². The van der Waals surface area contributed by atoms with Crippen molar-refractivity contribution in [3.8, 4) is 17.1 Å². The molecule has 0 bridgehead atoms. The number of nitrogens with two attached hydrogens (primary N) is 1. The Balaban J connectivity index is 2.00. The normalized spacial score (nSPS) is 11.8. The molecule has 27 heavy (non-hydrogen) atoms. The molecule has 2 aromatic heterocycles. The average Bonchev–Trinajstić information content (AvgIpc) is 3.25. The molecule has 10 heteroatoms. The van der Waals surface area contributed by atoms with Crippen LogP contribution in [0, 0.1) is 5.92 Å². The zero-order chi connectivity index (χ0) is 19.4.